The standard InChI is InChI=1S/C22H27N5/c1-5-27(6-2)20-9-7-18(8-10-20)25-22-23-12-11-21(26-22)24-19-14-16(3)13-17(4)15-19/h7-15H,5-6H2,1-4H3,(H2,23,24,25,26). The largest absolute Gasteiger partial charge is 0.372 e. The van der Waals surface area contributed by atoms with E-state index >= 15 is 0 Å². The monoisotopic (exact) mass is 361 g/mol. The number of aryl methyl sites for hydroxylation is 2. The topological polar surface area (TPSA) is 53.1 Å². The Morgan fingerprint density at radius 2 is 1.48 bits per heavy atom. The molecule has 5 heteroatoms. The highest BCUT2D eigenvalue weighted by atomic mass is 15.1. The molecule has 2 N–H and O–H groups in total. The summed E-state index contributed by atoms with van der Waals surface area (Å²) in [5, 5.41) is 6.63. The number of nitrogens with one attached hydrogen (secondary N) is 2. The van der Waals surface area contributed by atoms with Crippen molar-refractivity contribution in [2.75, 3.05) is 28.6 Å². The maximum atomic E-state index is 4.57. The van der Waals surface area contributed by atoms with E-state index in [2.05, 4.69) is 95.7 Å². The Kier molecular flexibility index (Phi) is 5.91. The molecule has 0 saturated carbocycles. The van der Waals surface area contributed by atoms with Crippen molar-refractivity contribution in [3.05, 3.63) is 65.9 Å². The van der Waals surface area contributed by atoms with E-state index in [1.54, 1.807) is 6.20 Å². The summed E-state index contributed by atoms with van der Waals surface area (Å²) in [5.74, 6) is 1.33. The van der Waals surface area contributed by atoms with Gasteiger partial charge in [0.1, 0.15) is 5.82 Å². The van der Waals surface area contributed by atoms with E-state index in [1.807, 2.05) is 6.07 Å². The molecule has 2 aromatic carbocycles. The third kappa shape index (κ3) is 4.97. The molecule has 1 heterocycles. The van der Waals surface area contributed by atoms with Crippen molar-refractivity contribution in [2.45, 2.75) is 27.7 Å². The van der Waals surface area contributed by atoms with Crippen molar-refractivity contribution in [3.63, 3.8) is 0 Å². The van der Waals surface area contributed by atoms with Crippen molar-refractivity contribution in [1.29, 1.82) is 0 Å². The summed E-state index contributed by atoms with van der Waals surface area (Å²) >= 11 is 0. The van der Waals surface area contributed by atoms with Crippen molar-refractivity contribution in [1.82, 2.24) is 9.97 Å². The summed E-state index contributed by atoms with van der Waals surface area (Å²) in [7, 11) is 0. The Bertz CT molecular complexity index is 865. The van der Waals surface area contributed by atoms with Crippen LogP contribution in [0, 0.1) is 13.8 Å². The molecule has 3 rings (SSSR count). The van der Waals surface area contributed by atoms with Gasteiger partial charge in [0.05, 0.1) is 0 Å². The van der Waals surface area contributed by atoms with Gasteiger partial charge < -0.3 is 15.5 Å². The Balaban J connectivity index is 1.72. The molecule has 0 aliphatic heterocycles. The van der Waals surface area contributed by atoms with Crippen LogP contribution in [0.2, 0.25) is 0 Å². The van der Waals surface area contributed by atoms with E-state index in [-0.39, 0.29) is 0 Å². The molecule has 0 radical (unpaired) electrons. The zero-order chi connectivity index (χ0) is 19.2. The minimum absolute atomic E-state index is 0.569. The van der Waals surface area contributed by atoms with Crippen LogP contribution in [-0.4, -0.2) is 23.1 Å². The first kappa shape index (κ1) is 18.7. The lowest BCUT2D eigenvalue weighted by molar-refractivity contribution is 0.866. The highest BCUT2D eigenvalue weighted by Crippen LogP contribution is 2.22. The second-order valence-corrected chi connectivity index (χ2v) is 6.61. The van der Waals surface area contributed by atoms with Crippen LogP contribution in [0.15, 0.2) is 54.7 Å². The molecule has 0 aliphatic rings. The first-order valence-corrected chi connectivity index (χ1v) is 9.37. The molecule has 27 heavy (non-hydrogen) atoms. The number of nitrogens with zero attached hydrogens (tertiary/aromatic N) is 3. The lowest BCUT2D eigenvalue weighted by atomic mass is 10.1. The molecule has 0 fully saturated rings. The second kappa shape index (κ2) is 8.54. The minimum atomic E-state index is 0.569. The van der Waals surface area contributed by atoms with Crippen LogP contribution in [0.25, 0.3) is 0 Å². The SMILES string of the molecule is CCN(CC)c1ccc(Nc2nccc(Nc3cc(C)cc(C)c3)n2)cc1. The summed E-state index contributed by atoms with van der Waals surface area (Å²) in [6, 6.07) is 16.6. The number of hydrogen-bond acceptors (Lipinski definition) is 5. The van der Waals surface area contributed by atoms with Gasteiger partial charge in [-0.3, -0.25) is 0 Å². The summed E-state index contributed by atoms with van der Waals surface area (Å²) in [6.45, 7) is 10.5. The highest BCUT2D eigenvalue weighted by molar-refractivity contribution is 5.62. The van der Waals surface area contributed by atoms with E-state index in [1.165, 1.54) is 16.8 Å². The molecule has 0 amide bonds. The van der Waals surface area contributed by atoms with Crippen LogP contribution in [-0.2, 0) is 0 Å². The Labute approximate surface area is 161 Å². The van der Waals surface area contributed by atoms with Gasteiger partial charge in [-0.2, -0.15) is 4.98 Å². The van der Waals surface area contributed by atoms with Gasteiger partial charge in [-0.25, -0.2) is 4.98 Å². The predicted octanol–water partition coefficient (Wildman–Crippen LogP) is 5.43. The van der Waals surface area contributed by atoms with E-state index in [0.29, 0.717) is 5.95 Å². The molecule has 0 aliphatic carbocycles. The van der Waals surface area contributed by atoms with Crippen LogP contribution in [0.3, 0.4) is 0 Å². The van der Waals surface area contributed by atoms with Gasteiger partial charge >= 0.3 is 0 Å². The average molecular weight is 361 g/mol. The number of anilines is 5. The molecule has 0 atom stereocenters. The molecule has 0 bridgehead atoms. The van der Waals surface area contributed by atoms with E-state index < -0.39 is 0 Å². The van der Waals surface area contributed by atoms with Crippen molar-refractivity contribution in [3.8, 4) is 0 Å². The molecule has 3 aromatic rings. The van der Waals surface area contributed by atoms with Gasteiger partial charge in [-0.15, -0.1) is 0 Å². The third-order valence-corrected chi connectivity index (χ3v) is 4.40. The van der Waals surface area contributed by atoms with E-state index in [4.69, 9.17) is 0 Å². The van der Waals surface area contributed by atoms with E-state index in [0.717, 1.165) is 30.3 Å². The Hall–Kier alpha value is -3.08. The van der Waals surface area contributed by atoms with Gasteiger partial charge in [-0.05, 0) is 81.3 Å². The summed E-state index contributed by atoms with van der Waals surface area (Å²) in [4.78, 5) is 11.2. The molecule has 0 spiro atoms. The van der Waals surface area contributed by atoms with Crippen LogP contribution in [0.1, 0.15) is 25.0 Å². The molecule has 5 nitrogen and oxygen atoms in total. The van der Waals surface area contributed by atoms with Crippen LogP contribution < -0.4 is 15.5 Å². The zero-order valence-corrected chi connectivity index (χ0v) is 16.5. The Morgan fingerprint density at radius 1 is 0.815 bits per heavy atom. The lowest BCUT2D eigenvalue weighted by Crippen LogP contribution is -2.21. The van der Waals surface area contributed by atoms with Gasteiger partial charge in [0.25, 0.3) is 0 Å². The molecule has 0 saturated heterocycles. The number of hydrogen-bond donors (Lipinski definition) is 2. The first-order chi connectivity index (χ1) is 13.1. The quantitative estimate of drug-likeness (QED) is 0.588. The van der Waals surface area contributed by atoms with Crippen molar-refractivity contribution < 1.29 is 0 Å². The van der Waals surface area contributed by atoms with E-state index in [9.17, 15) is 0 Å². The normalized spacial score (nSPS) is 10.5. The maximum absolute atomic E-state index is 4.57. The van der Waals surface area contributed by atoms with Gasteiger partial charge in [0.15, 0.2) is 0 Å². The van der Waals surface area contributed by atoms with Gasteiger partial charge in [-0.1, -0.05) is 6.07 Å². The number of aromatic nitrogens is 2. The lowest BCUT2D eigenvalue weighted by Gasteiger charge is -2.21. The van der Waals surface area contributed by atoms with Crippen molar-refractivity contribution in [2.24, 2.45) is 0 Å². The minimum Gasteiger partial charge on any atom is -0.372 e. The van der Waals surface area contributed by atoms with Crippen molar-refractivity contribution >= 4 is 28.8 Å². The smallest absolute Gasteiger partial charge is 0.229 e. The van der Waals surface area contributed by atoms with Crippen LogP contribution in [0.5, 0.6) is 0 Å². The molecular weight excluding hydrogens is 334 g/mol. The zero-order valence-electron chi connectivity index (χ0n) is 16.5. The van der Waals surface area contributed by atoms with Gasteiger partial charge in [0, 0.05) is 36.3 Å². The Morgan fingerprint density at radius 3 is 2.11 bits per heavy atom. The fourth-order valence-corrected chi connectivity index (χ4v) is 3.16. The first-order valence-electron chi connectivity index (χ1n) is 9.37. The predicted molar refractivity (Wildman–Crippen MR) is 115 cm³/mol. The van der Waals surface area contributed by atoms with Crippen LogP contribution >= 0.6 is 0 Å². The highest BCUT2D eigenvalue weighted by Gasteiger charge is 2.04. The number of rotatable bonds is 7. The summed E-state index contributed by atoms with van der Waals surface area (Å²) in [5.41, 5.74) is 5.66. The summed E-state index contributed by atoms with van der Waals surface area (Å²) in [6.07, 6.45) is 1.75. The average Bonchev–Trinajstić information content (AvgIpc) is 2.63. The fourth-order valence-electron chi connectivity index (χ4n) is 3.16. The molecule has 140 valence electrons. The second-order valence-electron chi connectivity index (χ2n) is 6.61. The molecular formula is C22H27N5. The maximum Gasteiger partial charge on any atom is 0.229 e. The summed E-state index contributed by atoms with van der Waals surface area (Å²) < 4.78 is 0. The fraction of sp³-hybridized carbons (Fsp3) is 0.273. The van der Waals surface area contributed by atoms with Crippen LogP contribution in [0.4, 0.5) is 28.8 Å². The molecule has 0 unspecified atom stereocenters. The number of benzene rings is 2. The van der Waals surface area contributed by atoms with Gasteiger partial charge in [0.2, 0.25) is 5.95 Å². The third-order valence-electron chi connectivity index (χ3n) is 4.40. The molecule has 1 aromatic heterocycles.